The maximum absolute atomic E-state index is 11.2. The Morgan fingerprint density at radius 1 is 1.22 bits per heavy atom. The fourth-order valence-corrected chi connectivity index (χ4v) is 3.35. The summed E-state index contributed by atoms with van der Waals surface area (Å²) in [7, 11) is 0. The van der Waals surface area contributed by atoms with Crippen LogP contribution in [0.25, 0.3) is 0 Å². The van der Waals surface area contributed by atoms with Gasteiger partial charge < -0.3 is 4.57 Å². The van der Waals surface area contributed by atoms with E-state index in [-0.39, 0.29) is 0 Å². The third kappa shape index (κ3) is 4.99. The second-order valence-corrected chi connectivity index (χ2v) is 6.56. The monoisotopic (exact) mass is 168 g/mol. The molecular formula is C6H14ClOP. The Kier molecular flexibility index (Phi) is 4.61. The normalized spacial score (nSPS) is 11.9. The predicted molar refractivity (Wildman–Crippen MR) is 43.8 cm³/mol. The van der Waals surface area contributed by atoms with Crippen LogP contribution in [-0.4, -0.2) is 12.3 Å². The number of halogens is 1. The van der Waals surface area contributed by atoms with E-state index in [1.807, 2.05) is 13.8 Å². The summed E-state index contributed by atoms with van der Waals surface area (Å²) in [6.45, 7) is 1.79. The summed E-state index contributed by atoms with van der Waals surface area (Å²) in [5, 5.41) is 0. The van der Waals surface area contributed by atoms with Crippen molar-refractivity contribution in [2.45, 2.75) is 26.7 Å². The average Bonchev–Trinajstić information content (AvgIpc) is 1.64. The first-order chi connectivity index (χ1) is 4.12. The van der Waals surface area contributed by atoms with Gasteiger partial charge in [0.05, 0.1) is 0 Å². The Labute approximate surface area is 61.9 Å². The van der Waals surface area contributed by atoms with E-state index in [1.54, 1.807) is 0 Å². The van der Waals surface area contributed by atoms with E-state index in [4.69, 9.17) is 11.2 Å². The lowest BCUT2D eigenvalue weighted by atomic mass is 10.6. The molecule has 0 bridgehead atoms. The quantitative estimate of drug-likeness (QED) is 0.589. The molecule has 0 aliphatic rings. The summed E-state index contributed by atoms with van der Waals surface area (Å²) in [5.74, 6) is 0. The molecule has 0 fully saturated rings. The number of hydrogen-bond acceptors (Lipinski definition) is 1. The molecule has 0 saturated carbocycles. The Morgan fingerprint density at radius 3 is 1.78 bits per heavy atom. The van der Waals surface area contributed by atoms with E-state index in [2.05, 4.69) is 0 Å². The summed E-state index contributed by atoms with van der Waals surface area (Å²) < 4.78 is 11.2. The smallest absolute Gasteiger partial charge is 0.169 e. The van der Waals surface area contributed by atoms with Gasteiger partial charge in [0.1, 0.15) is 0 Å². The van der Waals surface area contributed by atoms with Crippen LogP contribution in [0.15, 0.2) is 0 Å². The molecule has 0 aliphatic carbocycles. The molecule has 0 saturated heterocycles. The highest BCUT2D eigenvalue weighted by Crippen LogP contribution is 2.51. The van der Waals surface area contributed by atoms with Gasteiger partial charge in [-0.3, -0.25) is 0 Å². The number of rotatable bonds is 4. The molecule has 0 unspecified atom stereocenters. The SMILES string of the molecule is CCCP(=O)(Cl)CCC. The van der Waals surface area contributed by atoms with Crippen molar-refractivity contribution in [3.63, 3.8) is 0 Å². The molecule has 0 atom stereocenters. The fourth-order valence-electron chi connectivity index (χ4n) is 0.780. The zero-order valence-electron chi connectivity index (χ0n) is 6.06. The lowest BCUT2D eigenvalue weighted by Gasteiger charge is -2.05. The van der Waals surface area contributed by atoms with Crippen molar-refractivity contribution in [1.29, 1.82) is 0 Å². The standard InChI is InChI=1S/C6H14ClOP/c1-3-5-9(7,8)6-4-2/h3-6H2,1-2H3. The van der Waals surface area contributed by atoms with Gasteiger partial charge in [-0.2, -0.15) is 0 Å². The van der Waals surface area contributed by atoms with Crippen molar-refractivity contribution >= 4 is 17.7 Å². The van der Waals surface area contributed by atoms with Gasteiger partial charge >= 0.3 is 0 Å². The second kappa shape index (κ2) is 4.35. The van der Waals surface area contributed by atoms with Gasteiger partial charge in [0.15, 0.2) is 6.49 Å². The van der Waals surface area contributed by atoms with Crippen molar-refractivity contribution in [3.8, 4) is 0 Å². The van der Waals surface area contributed by atoms with E-state index in [0.717, 1.165) is 12.8 Å². The molecular weight excluding hydrogens is 154 g/mol. The first-order valence-electron chi connectivity index (χ1n) is 3.40. The lowest BCUT2D eigenvalue weighted by molar-refractivity contribution is 0.582. The third-order valence-corrected chi connectivity index (χ3v) is 4.36. The van der Waals surface area contributed by atoms with Gasteiger partial charge in [-0.25, -0.2) is 0 Å². The molecule has 0 aromatic heterocycles. The maximum Gasteiger partial charge on any atom is 0.169 e. The Bertz CT molecular complexity index is 104. The molecule has 0 N–H and O–H groups in total. The minimum Gasteiger partial charge on any atom is -0.307 e. The van der Waals surface area contributed by atoms with Crippen LogP contribution in [-0.2, 0) is 4.57 Å². The van der Waals surface area contributed by atoms with E-state index in [1.165, 1.54) is 0 Å². The van der Waals surface area contributed by atoms with Crippen LogP contribution in [0.5, 0.6) is 0 Å². The minimum absolute atomic E-state index is 0.697. The molecule has 0 radical (unpaired) electrons. The van der Waals surface area contributed by atoms with E-state index >= 15 is 0 Å². The molecule has 9 heavy (non-hydrogen) atoms. The highest BCUT2D eigenvalue weighted by molar-refractivity contribution is 7.89. The molecule has 1 nitrogen and oxygen atoms in total. The Morgan fingerprint density at radius 2 is 1.56 bits per heavy atom. The average molecular weight is 169 g/mol. The fraction of sp³-hybridized carbons (Fsp3) is 1.00. The van der Waals surface area contributed by atoms with E-state index in [0.29, 0.717) is 12.3 Å². The van der Waals surface area contributed by atoms with Crippen LogP contribution >= 0.6 is 17.7 Å². The topological polar surface area (TPSA) is 17.1 Å². The summed E-state index contributed by atoms with van der Waals surface area (Å²) in [5.41, 5.74) is 0. The number of hydrogen-bond donors (Lipinski definition) is 0. The van der Waals surface area contributed by atoms with Crippen LogP contribution in [0, 0.1) is 0 Å². The summed E-state index contributed by atoms with van der Waals surface area (Å²) in [4.78, 5) is 0. The molecule has 0 amide bonds. The molecule has 0 aromatic rings. The third-order valence-electron chi connectivity index (χ3n) is 1.12. The highest BCUT2D eigenvalue weighted by Gasteiger charge is 2.14. The molecule has 0 spiro atoms. The largest absolute Gasteiger partial charge is 0.307 e. The Balaban J connectivity index is 3.58. The zero-order valence-corrected chi connectivity index (χ0v) is 7.71. The highest BCUT2D eigenvalue weighted by atomic mass is 35.7. The van der Waals surface area contributed by atoms with E-state index in [9.17, 15) is 4.57 Å². The Hall–Kier alpha value is 0.520. The summed E-state index contributed by atoms with van der Waals surface area (Å²) in [6.07, 6.45) is 3.26. The van der Waals surface area contributed by atoms with Gasteiger partial charge in [-0.05, 0) is 12.8 Å². The summed E-state index contributed by atoms with van der Waals surface area (Å²) in [6, 6.07) is 0. The first kappa shape index (κ1) is 9.52. The maximum atomic E-state index is 11.2. The predicted octanol–water partition coefficient (Wildman–Crippen LogP) is 3.32. The van der Waals surface area contributed by atoms with Crippen molar-refractivity contribution < 1.29 is 4.57 Å². The second-order valence-electron chi connectivity index (χ2n) is 2.24. The molecule has 0 aliphatic heterocycles. The lowest BCUT2D eigenvalue weighted by Crippen LogP contribution is -1.85. The van der Waals surface area contributed by atoms with Crippen LogP contribution in [0.3, 0.4) is 0 Å². The van der Waals surface area contributed by atoms with Gasteiger partial charge in [0.25, 0.3) is 0 Å². The van der Waals surface area contributed by atoms with Crippen molar-refractivity contribution in [2.75, 3.05) is 12.3 Å². The van der Waals surface area contributed by atoms with Gasteiger partial charge in [0, 0.05) is 12.3 Å². The van der Waals surface area contributed by atoms with Crippen molar-refractivity contribution in [2.24, 2.45) is 0 Å². The first-order valence-corrected chi connectivity index (χ1v) is 6.38. The molecule has 0 aromatic carbocycles. The molecule has 3 heteroatoms. The van der Waals surface area contributed by atoms with Crippen LogP contribution in [0.2, 0.25) is 0 Å². The van der Waals surface area contributed by atoms with Gasteiger partial charge in [-0.1, -0.05) is 25.1 Å². The summed E-state index contributed by atoms with van der Waals surface area (Å²) >= 11 is 5.69. The molecule has 56 valence electrons. The minimum atomic E-state index is -2.22. The van der Waals surface area contributed by atoms with Crippen LogP contribution in [0.1, 0.15) is 26.7 Å². The van der Waals surface area contributed by atoms with Gasteiger partial charge in [0.2, 0.25) is 0 Å². The van der Waals surface area contributed by atoms with Gasteiger partial charge in [-0.15, -0.1) is 0 Å². The van der Waals surface area contributed by atoms with Crippen molar-refractivity contribution in [3.05, 3.63) is 0 Å². The molecule has 0 heterocycles. The van der Waals surface area contributed by atoms with Crippen LogP contribution in [0.4, 0.5) is 0 Å². The van der Waals surface area contributed by atoms with E-state index < -0.39 is 6.49 Å². The van der Waals surface area contributed by atoms with Crippen molar-refractivity contribution in [1.82, 2.24) is 0 Å². The van der Waals surface area contributed by atoms with Crippen LogP contribution < -0.4 is 0 Å². The molecule has 0 rings (SSSR count). The zero-order chi connectivity index (χ0) is 7.33.